The molecule has 0 bridgehead atoms. The van der Waals surface area contributed by atoms with E-state index in [0.717, 1.165) is 56.5 Å². The van der Waals surface area contributed by atoms with Crippen molar-refractivity contribution in [2.24, 2.45) is 0 Å². The highest BCUT2D eigenvalue weighted by Gasteiger charge is 2.08. The Morgan fingerprint density at radius 2 is 1.88 bits per heavy atom. The lowest BCUT2D eigenvalue weighted by molar-refractivity contribution is 0.0378. The number of halogens is 1. The van der Waals surface area contributed by atoms with Gasteiger partial charge in [0.15, 0.2) is 0 Å². The number of benzene rings is 1. The molecule has 1 fully saturated rings. The van der Waals surface area contributed by atoms with Gasteiger partial charge in [-0.15, -0.1) is 0 Å². The Hall–Kier alpha value is -0.770. The van der Waals surface area contributed by atoms with Crippen LogP contribution in [0.3, 0.4) is 0 Å². The van der Waals surface area contributed by atoms with Crippen molar-refractivity contribution in [3.05, 3.63) is 29.3 Å². The molecule has 0 spiro atoms. The maximum Gasteiger partial charge on any atom is 0.0594 e. The lowest BCUT2D eigenvalue weighted by Crippen LogP contribution is -2.37. The average Bonchev–Trinajstić information content (AvgIpc) is 2.38. The van der Waals surface area contributed by atoms with Crippen molar-refractivity contribution in [1.29, 1.82) is 0 Å². The SMILES string of the molecule is Clc1ccc(NCCCN2CCOCC2)cc1. The Bertz CT molecular complexity index is 323. The van der Waals surface area contributed by atoms with Crippen molar-refractivity contribution in [3.63, 3.8) is 0 Å². The summed E-state index contributed by atoms with van der Waals surface area (Å²) in [6, 6.07) is 7.84. The predicted octanol–water partition coefficient (Wildman–Crippen LogP) is 2.47. The van der Waals surface area contributed by atoms with E-state index < -0.39 is 0 Å². The molecule has 17 heavy (non-hydrogen) atoms. The van der Waals surface area contributed by atoms with Crippen LogP contribution in [0, 0.1) is 0 Å². The van der Waals surface area contributed by atoms with Crippen molar-refractivity contribution in [3.8, 4) is 0 Å². The van der Waals surface area contributed by atoms with Gasteiger partial charge in [-0.1, -0.05) is 11.6 Å². The molecule has 2 rings (SSSR count). The van der Waals surface area contributed by atoms with E-state index in [2.05, 4.69) is 10.2 Å². The molecule has 1 aliphatic rings. The number of rotatable bonds is 5. The summed E-state index contributed by atoms with van der Waals surface area (Å²) in [4.78, 5) is 2.45. The molecule has 3 nitrogen and oxygen atoms in total. The number of hydrogen-bond acceptors (Lipinski definition) is 3. The topological polar surface area (TPSA) is 24.5 Å². The maximum atomic E-state index is 5.83. The first-order chi connectivity index (χ1) is 8.34. The van der Waals surface area contributed by atoms with Gasteiger partial charge in [-0.25, -0.2) is 0 Å². The number of nitrogens with zero attached hydrogens (tertiary/aromatic N) is 1. The predicted molar refractivity (Wildman–Crippen MR) is 71.8 cm³/mol. The second-order valence-corrected chi connectivity index (χ2v) is 4.68. The molecule has 1 aromatic carbocycles. The normalized spacial score (nSPS) is 17.0. The third kappa shape index (κ3) is 4.54. The molecular weight excluding hydrogens is 236 g/mol. The molecule has 1 aromatic rings. The number of anilines is 1. The van der Waals surface area contributed by atoms with Gasteiger partial charge in [0.1, 0.15) is 0 Å². The zero-order chi connectivity index (χ0) is 11.9. The van der Waals surface area contributed by atoms with Crippen molar-refractivity contribution < 1.29 is 4.74 Å². The van der Waals surface area contributed by atoms with E-state index in [4.69, 9.17) is 16.3 Å². The number of nitrogens with one attached hydrogen (secondary N) is 1. The van der Waals surface area contributed by atoms with Crippen LogP contribution in [-0.2, 0) is 4.74 Å². The van der Waals surface area contributed by atoms with E-state index in [0.29, 0.717) is 0 Å². The van der Waals surface area contributed by atoms with Crippen LogP contribution < -0.4 is 5.32 Å². The van der Waals surface area contributed by atoms with Crippen LogP contribution in [0.15, 0.2) is 24.3 Å². The molecule has 1 N–H and O–H groups in total. The summed E-state index contributed by atoms with van der Waals surface area (Å²) in [6.45, 7) is 6.04. The minimum atomic E-state index is 0.781. The number of hydrogen-bond donors (Lipinski definition) is 1. The summed E-state index contributed by atoms with van der Waals surface area (Å²) < 4.78 is 5.32. The highest BCUT2D eigenvalue weighted by atomic mass is 35.5. The van der Waals surface area contributed by atoms with Gasteiger partial charge in [0.05, 0.1) is 13.2 Å². The monoisotopic (exact) mass is 254 g/mol. The van der Waals surface area contributed by atoms with Crippen LogP contribution in [0.4, 0.5) is 5.69 Å². The summed E-state index contributed by atoms with van der Waals surface area (Å²) in [7, 11) is 0. The van der Waals surface area contributed by atoms with Gasteiger partial charge in [0.2, 0.25) is 0 Å². The lowest BCUT2D eigenvalue weighted by Gasteiger charge is -2.26. The number of ether oxygens (including phenoxy) is 1. The summed E-state index contributed by atoms with van der Waals surface area (Å²) in [5.41, 5.74) is 1.14. The van der Waals surface area contributed by atoms with Crippen LogP contribution in [0.5, 0.6) is 0 Å². The van der Waals surface area contributed by atoms with Crippen LogP contribution in [0.2, 0.25) is 5.02 Å². The lowest BCUT2D eigenvalue weighted by atomic mass is 10.3. The van der Waals surface area contributed by atoms with Crippen LogP contribution in [0.1, 0.15) is 6.42 Å². The second kappa shape index (κ2) is 6.84. The van der Waals surface area contributed by atoms with E-state index in [1.165, 1.54) is 0 Å². The molecule has 0 unspecified atom stereocenters. The van der Waals surface area contributed by atoms with E-state index in [-0.39, 0.29) is 0 Å². The van der Waals surface area contributed by atoms with Crippen LogP contribution >= 0.6 is 11.6 Å². The first-order valence-corrected chi connectivity index (χ1v) is 6.52. The minimum Gasteiger partial charge on any atom is -0.385 e. The molecule has 1 saturated heterocycles. The summed E-state index contributed by atoms with van der Waals surface area (Å²) >= 11 is 5.83. The molecule has 0 radical (unpaired) electrons. The summed E-state index contributed by atoms with van der Waals surface area (Å²) in [6.07, 6.45) is 1.16. The zero-order valence-electron chi connectivity index (χ0n) is 9.99. The van der Waals surface area contributed by atoms with Gasteiger partial charge in [-0.05, 0) is 37.2 Å². The first kappa shape index (κ1) is 12.7. The quantitative estimate of drug-likeness (QED) is 0.817. The standard InChI is InChI=1S/C13H19ClN2O/c14-12-2-4-13(5-3-12)15-6-1-7-16-8-10-17-11-9-16/h2-5,15H,1,6-11H2. The van der Waals surface area contributed by atoms with Crippen molar-refractivity contribution in [2.75, 3.05) is 44.7 Å². The van der Waals surface area contributed by atoms with Gasteiger partial charge >= 0.3 is 0 Å². The maximum absolute atomic E-state index is 5.83. The van der Waals surface area contributed by atoms with Crippen LogP contribution in [0.25, 0.3) is 0 Å². The van der Waals surface area contributed by atoms with Crippen molar-refractivity contribution in [2.45, 2.75) is 6.42 Å². The van der Waals surface area contributed by atoms with Gasteiger partial charge in [-0.3, -0.25) is 4.90 Å². The fourth-order valence-corrected chi connectivity index (χ4v) is 2.05. The van der Waals surface area contributed by atoms with Crippen LogP contribution in [-0.4, -0.2) is 44.3 Å². The molecule has 0 aromatic heterocycles. The Kier molecular flexibility index (Phi) is 5.10. The fourth-order valence-electron chi connectivity index (χ4n) is 1.93. The molecule has 1 aliphatic heterocycles. The third-order valence-electron chi connectivity index (χ3n) is 2.93. The van der Waals surface area contributed by atoms with Gasteiger partial charge in [0, 0.05) is 30.3 Å². The summed E-state index contributed by atoms with van der Waals surface area (Å²) in [5, 5.41) is 4.18. The highest BCUT2D eigenvalue weighted by Crippen LogP contribution is 2.13. The van der Waals surface area contributed by atoms with E-state index >= 15 is 0 Å². The zero-order valence-corrected chi connectivity index (χ0v) is 10.7. The third-order valence-corrected chi connectivity index (χ3v) is 3.18. The molecule has 0 aliphatic carbocycles. The molecule has 0 atom stereocenters. The molecule has 0 saturated carbocycles. The van der Waals surface area contributed by atoms with Gasteiger partial charge in [0.25, 0.3) is 0 Å². The van der Waals surface area contributed by atoms with E-state index in [9.17, 15) is 0 Å². The van der Waals surface area contributed by atoms with Gasteiger partial charge in [-0.2, -0.15) is 0 Å². The summed E-state index contributed by atoms with van der Waals surface area (Å²) in [5.74, 6) is 0. The molecule has 94 valence electrons. The Morgan fingerprint density at radius 1 is 1.18 bits per heavy atom. The smallest absolute Gasteiger partial charge is 0.0594 e. The van der Waals surface area contributed by atoms with Crippen molar-refractivity contribution in [1.82, 2.24) is 4.90 Å². The molecular formula is C13H19ClN2O. The minimum absolute atomic E-state index is 0.781. The van der Waals surface area contributed by atoms with Gasteiger partial charge < -0.3 is 10.1 Å². The Morgan fingerprint density at radius 3 is 2.59 bits per heavy atom. The first-order valence-electron chi connectivity index (χ1n) is 6.14. The van der Waals surface area contributed by atoms with E-state index in [1.54, 1.807) is 0 Å². The number of morpholine rings is 1. The molecule has 1 heterocycles. The molecule has 0 amide bonds. The Balaban J connectivity index is 1.60. The average molecular weight is 255 g/mol. The Labute approximate surface area is 108 Å². The second-order valence-electron chi connectivity index (χ2n) is 4.24. The fraction of sp³-hybridized carbons (Fsp3) is 0.538. The van der Waals surface area contributed by atoms with Crippen molar-refractivity contribution >= 4 is 17.3 Å². The largest absolute Gasteiger partial charge is 0.385 e. The van der Waals surface area contributed by atoms with E-state index in [1.807, 2.05) is 24.3 Å². The molecule has 4 heteroatoms. The highest BCUT2D eigenvalue weighted by molar-refractivity contribution is 6.30.